The van der Waals surface area contributed by atoms with E-state index in [4.69, 9.17) is 4.98 Å². The molecule has 24 heavy (non-hydrogen) atoms. The van der Waals surface area contributed by atoms with Crippen molar-refractivity contribution >= 4 is 5.91 Å². The minimum absolute atomic E-state index is 0.147. The van der Waals surface area contributed by atoms with Crippen molar-refractivity contribution in [3.05, 3.63) is 47.5 Å². The molecule has 122 valence electrons. The molecule has 0 spiro atoms. The van der Waals surface area contributed by atoms with E-state index >= 15 is 0 Å². The Morgan fingerprint density at radius 3 is 2.67 bits per heavy atom. The van der Waals surface area contributed by atoms with Gasteiger partial charge in [0.1, 0.15) is 5.82 Å². The summed E-state index contributed by atoms with van der Waals surface area (Å²) in [5, 5.41) is 0. The molecule has 1 aliphatic carbocycles. The van der Waals surface area contributed by atoms with Gasteiger partial charge in [-0.25, -0.2) is 14.4 Å². The van der Waals surface area contributed by atoms with Gasteiger partial charge in [-0.2, -0.15) is 0 Å². The van der Waals surface area contributed by atoms with Crippen LogP contribution in [0.5, 0.6) is 0 Å². The standard InChI is InChI=1S/C19H18FN3O/c20-13-5-3-11(4-6-13)18-21-10-15-16(22-18)9-14-7-8-17(15)23(14)19(24)12-1-2-12/h3-6,10,12,14,17H,1-2,7-9H2. The molecule has 1 aromatic carbocycles. The summed E-state index contributed by atoms with van der Waals surface area (Å²) in [5.74, 6) is 0.962. The molecule has 1 aromatic heterocycles. The second-order valence-corrected chi connectivity index (χ2v) is 7.07. The number of amides is 1. The first-order valence-corrected chi connectivity index (χ1v) is 8.64. The summed E-state index contributed by atoms with van der Waals surface area (Å²) in [5.41, 5.74) is 2.98. The van der Waals surface area contributed by atoms with Crippen LogP contribution in [0.25, 0.3) is 11.4 Å². The number of carbonyl (C=O) groups is 1. The Hall–Kier alpha value is -2.30. The van der Waals surface area contributed by atoms with Gasteiger partial charge >= 0.3 is 0 Å². The van der Waals surface area contributed by atoms with Crippen LogP contribution in [0, 0.1) is 11.7 Å². The van der Waals surface area contributed by atoms with Crippen LogP contribution >= 0.6 is 0 Å². The van der Waals surface area contributed by atoms with Gasteiger partial charge in [-0.3, -0.25) is 4.79 Å². The van der Waals surface area contributed by atoms with E-state index in [0.717, 1.165) is 48.9 Å². The highest BCUT2D eigenvalue weighted by atomic mass is 19.1. The van der Waals surface area contributed by atoms with Crippen LogP contribution in [0.3, 0.4) is 0 Å². The van der Waals surface area contributed by atoms with Gasteiger partial charge in [0.05, 0.1) is 11.7 Å². The van der Waals surface area contributed by atoms with Gasteiger partial charge in [0.25, 0.3) is 0 Å². The number of benzene rings is 1. The Kier molecular flexibility index (Phi) is 2.99. The molecule has 1 amide bonds. The van der Waals surface area contributed by atoms with Crippen LogP contribution in [-0.4, -0.2) is 26.8 Å². The minimum Gasteiger partial charge on any atom is -0.332 e. The van der Waals surface area contributed by atoms with Crippen LogP contribution in [0.4, 0.5) is 4.39 Å². The number of carbonyl (C=O) groups excluding carboxylic acids is 1. The zero-order chi connectivity index (χ0) is 16.3. The third-order valence-electron chi connectivity index (χ3n) is 5.47. The quantitative estimate of drug-likeness (QED) is 0.852. The van der Waals surface area contributed by atoms with E-state index in [1.54, 1.807) is 12.1 Å². The Balaban J connectivity index is 1.50. The molecular weight excluding hydrogens is 305 g/mol. The fraction of sp³-hybridized carbons (Fsp3) is 0.421. The van der Waals surface area contributed by atoms with Gasteiger partial charge in [0.15, 0.2) is 5.82 Å². The maximum absolute atomic E-state index is 13.1. The van der Waals surface area contributed by atoms with Crippen molar-refractivity contribution < 1.29 is 9.18 Å². The number of halogens is 1. The Labute approximate surface area is 139 Å². The third-order valence-corrected chi connectivity index (χ3v) is 5.47. The average molecular weight is 323 g/mol. The van der Waals surface area contributed by atoms with Crippen LogP contribution in [0.2, 0.25) is 0 Å². The molecule has 3 aliphatic rings. The third kappa shape index (κ3) is 2.14. The smallest absolute Gasteiger partial charge is 0.226 e. The molecule has 2 aliphatic heterocycles. The monoisotopic (exact) mass is 323 g/mol. The molecule has 0 N–H and O–H groups in total. The number of hydrogen-bond acceptors (Lipinski definition) is 3. The predicted octanol–water partition coefficient (Wildman–Crippen LogP) is 3.28. The van der Waals surface area contributed by atoms with Crippen molar-refractivity contribution in [2.45, 2.75) is 44.2 Å². The molecule has 2 atom stereocenters. The van der Waals surface area contributed by atoms with Crippen molar-refractivity contribution in [2.24, 2.45) is 5.92 Å². The molecule has 5 heteroatoms. The van der Waals surface area contributed by atoms with E-state index in [0.29, 0.717) is 11.7 Å². The molecule has 5 rings (SSSR count). The van der Waals surface area contributed by atoms with Gasteiger partial charge in [0, 0.05) is 35.7 Å². The highest BCUT2D eigenvalue weighted by Gasteiger charge is 2.47. The molecule has 2 bridgehead atoms. The van der Waals surface area contributed by atoms with Crippen molar-refractivity contribution in [1.82, 2.24) is 14.9 Å². The Bertz CT molecular complexity index is 816. The lowest BCUT2D eigenvalue weighted by Crippen LogP contribution is -2.43. The molecular formula is C19H18FN3O. The first kappa shape index (κ1) is 14.1. The lowest BCUT2D eigenvalue weighted by atomic mass is 9.98. The van der Waals surface area contributed by atoms with Gasteiger partial charge < -0.3 is 4.90 Å². The summed E-state index contributed by atoms with van der Waals surface area (Å²) >= 11 is 0. The Morgan fingerprint density at radius 2 is 1.92 bits per heavy atom. The van der Waals surface area contributed by atoms with Crippen LogP contribution < -0.4 is 0 Å². The number of aromatic nitrogens is 2. The van der Waals surface area contributed by atoms with E-state index in [1.807, 2.05) is 6.20 Å². The van der Waals surface area contributed by atoms with Crippen molar-refractivity contribution in [2.75, 3.05) is 0 Å². The van der Waals surface area contributed by atoms with Crippen molar-refractivity contribution in [3.63, 3.8) is 0 Å². The first-order chi connectivity index (χ1) is 11.7. The van der Waals surface area contributed by atoms with Gasteiger partial charge in [-0.1, -0.05) is 0 Å². The second-order valence-electron chi connectivity index (χ2n) is 7.07. The fourth-order valence-corrected chi connectivity index (χ4v) is 4.09. The maximum atomic E-state index is 13.1. The lowest BCUT2D eigenvalue weighted by molar-refractivity contribution is -0.136. The molecule has 4 nitrogen and oxygen atoms in total. The summed E-state index contributed by atoms with van der Waals surface area (Å²) in [4.78, 5) is 23.9. The van der Waals surface area contributed by atoms with Gasteiger partial charge in [-0.15, -0.1) is 0 Å². The van der Waals surface area contributed by atoms with Gasteiger partial charge in [0.2, 0.25) is 5.91 Å². The normalized spacial score (nSPS) is 24.8. The maximum Gasteiger partial charge on any atom is 0.226 e. The average Bonchev–Trinajstić information content (AvgIpc) is 3.39. The zero-order valence-corrected chi connectivity index (χ0v) is 13.3. The minimum atomic E-state index is -0.260. The molecule has 1 saturated carbocycles. The van der Waals surface area contributed by atoms with E-state index in [9.17, 15) is 9.18 Å². The molecule has 2 fully saturated rings. The number of rotatable bonds is 2. The van der Waals surface area contributed by atoms with E-state index in [-0.39, 0.29) is 23.8 Å². The fourth-order valence-electron chi connectivity index (χ4n) is 4.09. The summed E-state index contributed by atoms with van der Waals surface area (Å²) in [7, 11) is 0. The van der Waals surface area contributed by atoms with Crippen molar-refractivity contribution in [3.8, 4) is 11.4 Å². The Morgan fingerprint density at radius 1 is 1.12 bits per heavy atom. The summed E-state index contributed by atoms with van der Waals surface area (Å²) in [6, 6.07) is 6.70. The van der Waals surface area contributed by atoms with Gasteiger partial charge in [-0.05, 0) is 49.9 Å². The lowest BCUT2D eigenvalue weighted by Gasteiger charge is -2.36. The number of nitrogens with zero attached hydrogens (tertiary/aromatic N) is 3. The van der Waals surface area contributed by atoms with E-state index < -0.39 is 0 Å². The molecule has 1 saturated heterocycles. The summed E-state index contributed by atoms with van der Waals surface area (Å²) in [6.07, 6.45) is 6.82. The van der Waals surface area contributed by atoms with Crippen LogP contribution in [-0.2, 0) is 11.2 Å². The van der Waals surface area contributed by atoms with Crippen LogP contribution in [0.1, 0.15) is 43.0 Å². The zero-order valence-electron chi connectivity index (χ0n) is 13.3. The predicted molar refractivity (Wildman–Crippen MR) is 86.5 cm³/mol. The van der Waals surface area contributed by atoms with Crippen molar-refractivity contribution in [1.29, 1.82) is 0 Å². The highest BCUT2D eigenvalue weighted by molar-refractivity contribution is 5.82. The summed E-state index contributed by atoms with van der Waals surface area (Å²) in [6.45, 7) is 0. The largest absolute Gasteiger partial charge is 0.332 e. The first-order valence-electron chi connectivity index (χ1n) is 8.64. The number of hydrogen-bond donors (Lipinski definition) is 0. The number of fused-ring (bicyclic) bond motifs is 4. The highest BCUT2D eigenvalue weighted by Crippen LogP contribution is 2.46. The SMILES string of the molecule is O=C(C1CC1)N1C2CCC1c1cnc(-c3ccc(F)cc3)nc1C2. The van der Waals surface area contributed by atoms with E-state index in [1.165, 1.54) is 12.1 Å². The molecule has 2 unspecified atom stereocenters. The van der Waals surface area contributed by atoms with E-state index in [2.05, 4.69) is 9.88 Å². The van der Waals surface area contributed by atoms with Crippen LogP contribution in [0.15, 0.2) is 30.5 Å². The second kappa shape index (κ2) is 5.10. The molecule has 3 heterocycles. The summed E-state index contributed by atoms with van der Waals surface area (Å²) < 4.78 is 13.1. The molecule has 2 aromatic rings. The topological polar surface area (TPSA) is 46.1 Å². The molecule has 0 radical (unpaired) electrons.